The molecule has 0 aromatic carbocycles. The predicted octanol–water partition coefficient (Wildman–Crippen LogP) is 0.842. The van der Waals surface area contributed by atoms with Crippen LogP contribution in [0.3, 0.4) is 0 Å². The molecule has 10 heteroatoms. The molecule has 0 spiro atoms. The smallest absolute Gasteiger partial charge is 0.307 e. The highest BCUT2D eigenvalue weighted by atomic mass is 16.6. The molecule has 116 valence electrons. The molecule has 2 rings (SSSR count). The van der Waals surface area contributed by atoms with Crippen LogP contribution in [0.4, 0.5) is 11.5 Å². The number of nitro groups is 1. The summed E-state index contributed by atoms with van der Waals surface area (Å²) in [5, 5.41) is 16.8. The Labute approximate surface area is 124 Å². The van der Waals surface area contributed by atoms with Crippen LogP contribution in [0, 0.1) is 10.1 Å². The maximum atomic E-state index is 11.9. The zero-order valence-corrected chi connectivity index (χ0v) is 11.8. The average Bonchev–Trinajstić information content (AvgIpc) is 2.95. The van der Waals surface area contributed by atoms with Gasteiger partial charge in [0.05, 0.1) is 25.3 Å². The Morgan fingerprint density at radius 3 is 2.68 bits per heavy atom. The fraction of sp³-hybridized carbons (Fsp3) is 0.250. The monoisotopic (exact) mass is 307 g/mol. The summed E-state index contributed by atoms with van der Waals surface area (Å²) in [5.41, 5.74) is -0.183. The van der Waals surface area contributed by atoms with Gasteiger partial charge in [-0.05, 0) is 0 Å². The first-order chi connectivity index (χ1) is 10.5. The van der Waals surface area contributed by atoms with E-state index >= 15 is 0 Å². The van der Waals surface area contributed by atoms with Gasteiger partial charge in [0.25, 0.3) is 0 Å². The van der Waals surface area contributed by atoms with E-state index in [0.717, 1.165) is 10.9 Å². The van der Waals surface area contributed by atoms with Gasteiger partial charge in [0.15, 0.2) is 11.5 Å². The zero-order valence-electron chi connectivity index (χ0n) is 11.8. The van der Waals surface area contributed by atoms with Gasteiger partial charge in [0.1, 0.15) is 24.8 Å². The standard InChI is InChI=1S/C12H13N5O5/c1-21-9-3-11(13-5-10(9)22-2)15-12(18)7-16-6-8(4-14-16)17(19)20/h3-6H,7H2,1-2H3,(H,13,15,18). The summed E-state index contributed by atoms with van der Waals surface area (Å²) in [4.78, 5) is 25.8. The normalized spacial score (nSPS) is 10.1. The molecule has 0 bridgehead atoms. The molecule has 0 aliphatic rings. The summed E-state index contributed by atoms with van der Waals surface area (Å²) in [6, 6.07) is 1.50. The van der Waals surface area contributed by atoms with Crippen molar-refractivity contribution in [3.63, 3.8) is 0 Å². The first kappa shape index (κ1) is 15.2. The minimum atomic E-state index is -0.586. The van der Waals surface area contributed by atoms with Gasteiger partial charge in [-0.3, -0.25) is 19.6 Å². The van der Waals surface area contributed by atoms with E-state index in [0.29, 0.717) is 11.5 Å². The first-order valence-electron chi connectivity index (χ1n) is 6.08. The molecule has 0 aliphatic carbocycles. The summed E-state index contributed by atoms with van der Waals surface area (Å²) >= 11 is 0. The van der Waals surface area contributed by atoms with E-state index in [-0.39, 0.29) is 18.1 Å². The summed E-state index contributed by atoms with van der Waals surface area (Å²) in [6.45, 7) is -0.177. The number of carbonyl (C=O) groups excluding carboxylic acids is 1. The minimum Gasteiger partial charge on any atom is -0.493 e. The van der Waals surface area contributed by atoms with Crippen LogP contribution in [0.2, 0.25) is 0 Å². The van der Waals surface area contributed by atoms with Gasteiger partial charge >= 0.3 is 5.69 Å². The van der Waals surface area contributed by atoms with Gasteiger partial charge in [0, 0.05) is 6.07 Å². The quantitative estimate of drug-likeness (QED) is 0.620. The largest absolute Gasteiger partial charge is 0.493 e. The molecular weight excluding hydrogens is 294 g/mol. The molecule has 2 aromatic heterocycles. The highest BCUT2D eigenvalue weighted by Gasteiger charge is 2.12. The molecule has 1 amide bonds. The van der Waals surface area contributed by atoms with Crippen molar-refractivity contribution in [1.82, 2.24) is 14.8 Å². The summed E-state index contributed by atoms with van der Waals surface area (Å²) in [7, 11) is 2.94. The third-order valence-corrected chi connectivity index (χ3v) is 2.67. The van der Waals surface area contributed by atoms with Crippen molar-refractivity contribution >= 4 is 17.4 Å². The highest BCUT2D eigenvalue weighted by molar-refractivity contribution is 5.89. The van der Waals surface area contributed by atoms with Crippen molar-refractivity contribution in [1.29, 1.82) is 0 Å². The van der Waals surface area contributed by atoms with Crippen molar-refractivity contribution in [2.24, 2.45) is 0 Å². The van der Waals surface area contributed by atoms with Gasteiger partial charge in [0.2, 0.25) is 5.91 Å². The van der Waals surface area contributed by atoms with E-state index < -0.39 is 10.8 Å². The number of anilines is 1. The van der Waals surface area contributed by atoms with Crippen LogP contribution in [0.1, 0.15) is 0 Å². The lowest BCUT2D eigenvalue weighted by molar-refractivity contribution is -0.385. The van der Waals surface area contributed by atoms with Gasteiger partial charge in [-0.25, -0.2) is 4.98 Å². The van der Waals surface area contributed by atoms with Crippen LogP contribution >= 0.6 is 0 Å². The van der Waals surface area contributed by atoms with Gasteiger partial charge in [-0.15, -0.1) is 0 Å². The van der Waals surface area contributed by atoms with Crippen LogP contribution in [-0.4, -0.2) is 39.8 Å². The number of amides is 1. The molecule has 0 atom stereocenters. The minimum absolute atomic E-state index is 0.177. The van der Waals surface area contributed by atoms with E-state index in [4.69, 9.17) is 9.47 Å². The molecule has 0 saturated heterocycles. The van der Waals surface area contributed by atoms with Crippen LogP contribution < -0.4 is 14.8 Å². The van der Waals surface area contributed by atoms with E-state index in [1.165, 1.54) is 32.7 Å². The number of hydrogen-bond donors (Lipinski definition) is 1. The number of aromatic nitrogens is 3. The highest BCUT2D eigenvalue weighted by Crippen LogP contribution is 2.27. The molecular formula is C12H13N5O5. The maximum Gasteiger partial charge on any atom is 0.307 e. The number of methoxy groups -OCH3 is 2. The number of nitrogens with zero attached hydrogens (tertiary/aromatic N) is 4. The Bertz CT molecular complexity index is 699. The second-order valence-electron chi connectivity index (χ2n) is 4.13. The lowest BCUT2D eigenvalue weighted by atomic mass is 10.4. The Morgan fingerprint density at radius 2 is 2.09 bits per heavy atom. The number of hydrogen-bond acceptors (Lipinski definition) is 7. The van der Waals surface area contributed by atoms with Gasteiger partial charge < -0.3 is 14.8 Å². The van der Waals surface area contributed by atoms with Crippen molar-refractivity contribution in [3.8, 4) is 11.5 Å². The lowest BCUT2D eigenvalue weighted by Crippen LogP contribution is -2.19. The molecule has 2 heterocycles. The fourth-order valence-electron chi connectivity index (χ4n) is 1.67. The molecule has 0 unspecified atom stereocenters. The van der Waals surface area contributed by atoms with E-state index in [1.807, 2.05) is 0 Å². The van der Waals surface area contributed by atoms with Crippen molar-refractivity contribution < 1.29 is 19.2 Å². The second kappa shape index (κ2) is 6.52. The van der Waals surface area contributed by atoms with E-state index in [2.05, 4.69) is 15.4 Å². The van der Waals surface area contributed by atoms with Crippen LogP contribution in [0.25, 0.3) is 0 Å². The van der Waals surface area contributed by atoms with Crippen molar-refractivity contribution in [2.45, 2.75) is 6.54 Å². The number of pyridine rings is 1. The van der Waals surface area contributed by atoms with Crippen molar-refractivity contribution in [2.75, 3.05) is 19.5 Å². The average molecular weight is 307 g/mol. The third kappa shape index (κ3) is 3.48. The van der Waals surface area contributed by atoms with Crippen molar-refractivity contribution in [3.05, 3.63) is 34.8 Å². The number of rotatable bonds is 6. The topological polar surface area (TPSA) is 121 Å². The number of nitrogens with one attached hydrogen (secondary N) is 1. The van der Waals surface area contributed by atoms with Crippen LogP contribution in [-0.2, 0) is 11.3 Å². The molecule has 22 heavy (non-hydrogen) atoms. The SMILES string of the molecule is COc1cnc(NC(=O)Cn2cc([N+](=O)[O-])cn2)cc1OC. The fourth-order valence-corrected chi connectivity index (χ4v) is 1.67. The zero-order chi connectivity index (χ0) is 16.1. The molecule has 2 aromatic rings. The van der Waals surface area contributed by atoms with E-state index in [1.54, 1.807) is 0 Å². The van der Waals surface area contributed by atoms with Gasteiger partial charge in [-0.1, -0.05) is 0 Å². The second-order valence-corrected chi connectivity index (χ2v) is 4.13. The van der Waals surface area contributed by atoms with Gasteiger partial charge in [-0.2, -0.15) is 5.10 Å². The molecule has 0 aliphatic heterocycles. The number of ether oxygens (including phenoxy) is 2. The molecule has 0 radical (unpaired) electrons. The Hall–Kier alpha value is -3.17. The Balaban J connectivity index is 2.03. The summed E-state index contributed by atoms with van der Waals surface area (Å²) < 4.78 is 11.3. The molecule has 1 N–H and O–H groups in total. The Kier molecular flexibility index (Phi) is 4.51. The molecule has 0 saturated carbocycles. The Morgan fingerprint density at radius 1 is 1.36 bits per heavy atom. The summed E-state index contributed by atoms with van der Waals surface area (Å²) in [5.74, 6) is 0.688. The third-order valence-electron chi connectivity index (χ3n) is 2.67. The lowest BCUT2D eigenvalue weighted by Gasteiger charge is -2.09. The van der Waals surface area contributed by atoms with Crippen LogP contribution in [0.5, 0.6) is 11.5 Å². The van der Waals surface area contributed by atoms with E-state index in [9.17, 15) is 14.9 Å². The predicted molar refractivity (Wildman–Crippen MR) is 74.9 cm³/mol. The summed E-state index contributed by atoms with van der Waals surface area (Å²) in [6.07, 6.45) is 3.65. The number of carbonyl (C=O) groups is 1. The first-order valence-corrected chi connectivity index (χ1v) is 6.08. The van der Waals surface area contributed by atoms with Crippen LogP contribution in [0.15, 0.2) is 24.7 Å². The molecule has 0 fully saturated rings. The molecule has 10 nitrogen and oxygen atoms in total. The maximum absolute atomic E-state index is 11.9.